The van der Waals surface area contributed by atoms with Crippen molar-refractivity contribution in [2.24, 2.45) is 0 Å². The molecular weight excluding hydrogens is 837 g/mol. The van der Waals surface area contributed by atoms with E-state index in [2.05, 4.69) is 0 Å². The molecule has 0 atom stereocenters. The van der Waals surface area contributed by atoms with Gasteiger partial charge in [0.15, 0.2) is 0 Å². The molecule has 0 aliphatic carbocycles. The van der Waals surface area contributed by atoms with E-state index in [-0.39, 0.29) is 38.1 Å². The van der Waals surface area contributed by atoms with Crippen LogP contribution >= 0.6 is 0 Å². The summed E-state index contributed by atoms with van der Waals surface area (Å²) in [6.07, 6.45) is 0. The average molecular weight is 905 g/mol. The first-order valence-corrected chi connectivity index (χ1v) is 21.7. The summed E-state index contributed by atoms with van der Waals surface area (Å²) in [6.45, 7) is 9.42. The summed E-state index contributed by atoms with van der Waals surface area (Å²) in [5.74, 6) is 0.607. The molecule has 358 valence electrons. The molecule has 0 spiro atoms. The SMILES string of the molecule is COCCOCCOCCOc1ccc(C2=C3C(=O)N(CCOCCOCCOC)C(c4ccc(OCCOCCOCCOC)cc4)=C3C(=O)N2CCOCCOCCOC)cc1. The van der Waals surface area contributed by atoms with Gasteiger partial charge in [-0.1, -0.05) is 0 Å². The van der Waals surface area contributed by atoms with Crippen LogP contribution in [0.4, 0.5) is 0 Å². The van der Waals surface area contributed by atoms with Crippen LogP contribution in [-0.2, 0) is 66.4 Å². The lowest BCUT2D eigenvalue weighted by Gasteiger charge is -2.25. The highest BCUT2D eigenvalue weighted by Crippen LogP contribution is 2.46. The monoisotopic (exact) mass is 904 g/mol. The molecule has 4 rings (SSSR count). The van der Waals surface area contributed by atoms with Gasteiger partial charge in [0.2, 0.25) is 0 Å². The van der Waals surface area contributed by atoms with Crippen molar-refractivity contribution in [2.45, 2.75) is 0 Å². The van der Waals surface area contributed by atoms with E-state index in [0.717, 1.165) is 0 Å². The highest BCUT2D eigenvalue weighted by atomic mass is 16.6. The molecule has 2 amide bonds. The number of ether oxygens (including phenoxy) is 14. The molecule has 0 N–H and O–H groups in total. The van der Waals surface area contributed by atoms with Gasteiger partial charge in [-0.25, -0.2) is 0 Å². The number of nitrogens with zero attached hydrogens (tertiary/aromatic N) is 2. The first-order chi connectivity index (χ1) is 31.5. The number of carbonyl (C=O) groups is 2. The summed E-state index contributed by atoms with van der Waals surface area (Å²) in [6, 6.07) is 14.7. The molecule has 0 unspecified atom stereocenters. The number of benzene rings is 2. The fraction of sp³-hybridized carbons (Fsp3) is 0.609. The number of amides is 2. The van der Waals surface area contributed by atoms with Crippen LogP contribution in [0.2, 0.25) is 0 Å². The third-order valence-corrected chi connectivity index (χ3v) is 9.56. The van der Waals surface area contributed by atoms with Gasteiger partial charge < -0.3 is 76.1 Å². The van der Waals surface area contributed by atoms with Gasteiger partial charge in [0.25, 0.3) is 11.8 Å². The minimum Gasteiger partial charge on any atom is -0.491 e. The Bertz CT molecular complexity index is 1530. The van der Waals surface area contributed by atoms with Crippen molar-refractivity contribution in [3.05, 3.63) is 70.8 Å². The third kappa shape index (κ3) is 18.1. The zero-order valence-electron chi connectivity index (χ0n) is 38.0. The van der Waals surface area contributed by atoms with Gasteiger partial charge in [-0.15, -0.1) is 0 Å². The largest absolute Gasteiger partial charge is 0.491 e. The maximum absolute atomic E-state index is 14.7. The van der Waals surface area contributed by atoms with Crippen molar-refractivity contribution >= 4 is 23.2 Å². The molecule has 0 fully saturated rings. The van der Waals surface area contributed by atoms with Gasteiger partial charge in [0.1, 0.15) is 24.7 Å². The van der Waals surface area contributed by atoms with Crippen LogP contribution in [0.15, 0.2) is 59.7 Å². The predicted octanol–water partition coefficient (Wildman–Crippen LogP) is 2.97. The summed E-state index contributed by atoms with van der Waals surface area (Å²) < 4.78 is 76.9. The molecule has 18 nitrogen and oxygen atoms in total. The first-order valence-electron chi connectivity index (χ1n) is 21.7. The van der Waals surface area contributed by atoms with E-state index in [1.807, 2.05) is 48.5 Å². The Morgan fingerprint density at radius 3 is 0.859 bits per heavy atom. The summed E-state index contributed by atoms with van der Waals surface area (Å²) in [7, 11) is 6.48. The average Bonchev–Trinajstić information content (AvgIpc) is 3.76. The van der Waals surface area contributed by atoms with E-state index < -0.39 is 0 Å². The van der Waals surface area contributed by atoms with Gasteiger partial charge in [0, 0.05) is 41.5 Å². The molecule has 2 aliphatic rings. The highest BCUT2D eigenvalue weighted by Gasteiger charge is 2.48. The van der Waals surface area contributed by atoms with Gasteiger partial charge in [-0.3, -0.25) is 9.59 Å². The van der Waals surface area contributed by atoms with Gasteiger partial charge in [0.05, 0.1) is 155 Å². The maximum atomic E-state index is 14.7. The lowest BCUT2D eigenvalue weighted by molar-refractivity contribution is -0.124. The zero-order chi connectivity index (χ0) is 45.5. The first kappa shape index (κ1) is 52.6. The summed E-state index contributed by atoms with van der Waals surface area (Å²) in [5, 5.41) is 0. The fourth-order valence-electron chi connectivity index (χ4n) is 6.45. The van der Waals surface area contributed by atoms with Crippen molar-refractivity contribution in [1.82, 2.24) is 9.80 Å². The van der Waals surface area contributed by atoms with Crippen molar-refractivity contribution in [1.29, 1.82) is 0 Å². The Hall–Kier alpha value is -4.02. The Morgan fingerprint density at radius 1 is 0.328 bits per heavy atom. The summed E-state index contributed by atoms with van der Waals surface area (Å²) >= 11 is 0. The molecule has 2 heterocycles. The van der Waals surface area contributed by atoms with Crippen LogP contribution < -0.4 is 9.47 Å². The van der Waals surface area contributed by atoms with Crippen LogP contribution in [0.25, 0.3) is 11.4 Å². The van der Waals surface area contributed by atoms with E-state index in [1.165, 1.54) is 0 Å². The molecule has 64 heavy (non-hydrogen) atoms. The van der Waals surface area contributed by atoms with Crippen LogP contribution in [-0.4, -0.2) is 208 Å². The summed E-state index contributed by atoms with van der Waals surface area (Å²) in [5.41, 5.74) is 2.94. The molecule has 2 aromatic carbocycles. The maximum Gasteiger partial charge on any atom is 0.261 e. The van der Waals surface area contributed by atoms with Crippen LogP contribution in [0.1, 0.15) is 11.1 Å². The number of carbonyl (C=O) groups excluding carboxylic acids is 2. The second-order valence-corrected chi connectivity index (χ2v) is 14.0. The van der Waals surface area contributed by atoms with Crippen LogP contribution in [0.3, 0.4) is 0 Å². The van der Waals surface area contributed by atoms with Crippen molar-refractivity contribution < 1.29 is 75.9 Å². The molecular formula is C46H68N2O16. The Balaban J connectivity index is 1.54. The molecule has 2 aromatic rings. The minimum atomic E-state index is -0.310. The zero-order valence-corrected chi connectivity index (χ0v) is 38.0. The van der Waals surface area contributed by atoms with E-state index >= 15 is 0 Å². The van der Waals surface area contributed by atoms with E-state index in [1.54, 1.807) is 38.2 Å². The number of hydrogen-bond acceptors (Lipinski definition) is 16. The smallest absolute Gasteiger partial charge is 0.261 e. The molecule has 2 aliphatic heterocycles. The number of hydrogen-bond donors (Lipinski definition) is 0. The highest BCUT2D eigenvalue weighted by molar-refractivity contribution is 6.30. The van der Waals surface area contributed by atoms with Crippen molar-refractivity contribution in [3.8, 4) is 11.5 Å². The quantitative estimate of drug-likeness (QED) is 0.0895. The van der Waals surface area contributed by atoms with Crippen molar-refractivity contribution in [3.63, 3.8) is 0 Å². The fourth-order valence-corrected chi connectivity index (χ4v) is 6.45. The number of fused-ring (bicyclic) bond motifs is 1. The predicted molar refractivity (Wildman–Crippen MR) is 235 cm³/mol. The molecule has 0 radical (unpaired) electrons. The van der Waals surface area contributed by atoms with Crippen LogP contribution in [0.5, 0.6) is 11.5 Å². The van der Waals surface area contributed by atoms with Crippen molar-refractivity contribution in [2.75, 3.05) is 187 Å². The molecule has 0 saturated heterocycles. The van der Waals surface area contributed by atoms with Gasteiger partial charge in [-0.2, -0.15) is 0 Å². The number of rotatable bonds is 40. The molecule has 0 bridgehead atoms. The standard InChI is InChI=1S/C46H68N2O16/c1-51-17-21-57-27-25-55-15-13-47-43(37-5-9-39(10-6-37)63-35-33-61-31-29-59-23-19-53-3)41-42(45(47)49)44(48(46(41)50)14-16-56-26-28-58-22-18-52-2)38-7-11-40(12-8-38)64-36-34-62-32-30-60-24-20-54-4/h5-12H,13-36H2,1-4H3. The second-order valence-electron chi connectivity index (χ2n) is 14.0. The van der Waals surface area contributed by atoms with Crippen LogP contribution in [0, 0.1) is 0 Å². The van der Waals surface area contributed by atoms with E-state index in [9.17, 15) is 9.59 Å². The minimum absolute atomic E-state index is 0.199. The van der Waals surface area contributed by atoms with E-state index in [0.29, 0.717) is 177 Å². The number of methoxy groups -OCH3 is 4. The molecule has 18 heteroatoms. The summed E-state index contributed by atoms with van der Waals surface area (Å²) in [4.78, 5) is 32.7. The Labute approximate surface area is 377 Å². The Kier molecular flexibility index (Phi) is 26.8. The normalized spacial score (nSPS) is 13.9. The Morgan fingerprint density at radius 2 is 0.578 bits per heavy atom. The van der Waals surface area contributed by atoms with Gasteiger partial charge >= 0.3 is 0 Å². The lowest BCUT2D eigenvalue weighted by atomic mass is 10.0. The lowest BCUT2D eigenvalue weighted by Crippen LogP contribution is -2.33. The molecule has 0 aromatic heterocycles. The second kappa shape index (κ2) is 32.6. The molecule has 0 saturated carbocycles. The van der Waals surface area contributed by atoms with E-state index in [4.69, 9.17) is 66.3 Å². The topological polar surface area (TPSA) is 170 Å². The third-order valence-electron chi connectivity index (χ3n) is 9.56. The van der Waals surface area contributed by atoms with Gasteiger partial charge in [-0.05, 0) is 59.7 Å².